The average molecular weight is 270 g/mol. The maximum atomic E-state index is 11.0. The van der Waals surface area contributed by atoms with Gasteiger partial charge in [0, 0.05) is 6.61 Å². The van der Waals surface area contributed by atoms with Crippen LogP contribution in [0.2, 0.25) is 0 Å². The van der Waals surface area contributed by atoms with Crippen molar-refractivity contribution in [1.82, 2.24) is 20.2 Å². The number of carboxylic acids is 1. The van der Waals surface area contributed by atoms with E-state index in [4.69, 9.17) is 9.84 Å². The van der Waals surface area contributed by atoms with Gasteiger partial charge in [-0.2, -0.15) is 0 Å². The molecule has 108 valence electrons. The van der Waals surface area contributed by atoms with Gasteiger partial charge in [-0.1, -0.05) is 20.8 Å². The number of rotatable bonds is 7. The highest BCUT2D eigenvalue weighted by Crippen LogP contribution is 2.29. The van der Waals surface area contributed by atoms with Gasteiger partial charge in [0.05, 0.1) is 12.5 Å². The van der Waals surface area contributed by atoms with Crippen molar-refractivity contribution in [2.75, 3.05) is 6.61 Å². The molecule has 0 saturated carbocycles. The largest absolute Gasteiger partial charge is 0.481 e. The van der Waals surface area contributed by atoms with Crippen LogP contribution in [0.5, 0.6) is 0 Å². The Hall–Kier alpha value is -1.50. The Bertz CT molecular complexity index is 411. The summed E-state index contributed by atoms with van der Waals surface area (Å²) < 4.78 is 6.87. The second-order valence-corrected chi connectivity index (χ2v) is 5.69. The van der Waals surface area contributed by atoms with Crippen LogP contribution in [0.25, 0.3) is 0 Å². The monoisotopic (exact) mass is 270 g/mol. The molecule has 0 bridgehead atoms. The van der Waals surface area contributed by atoms with Crippen molar-refractivity contribution in [2.24, 2.45) is 5.41 Å². The number of aromatic nitrogens is 4. The van der Waals surface area contributed by atoms with E-state index >= 15 is 0 Å². The van der Waals surface area contributed by atoms with Crippen molar-refractivity contribution in [3.05, 3.63) is 5.82 Å². The van der Waals surface area contributed by atoms with E-state index in [1.807, 2.05) is 6.92 Å². The van der Waals surface area contributed by atoms with Crippen LogP contribution < -0.4 is 0 Å². The molecule has 0 aromatic carbocycles. The maximum Gasteiger partial charge on any atom is 0.305 e. The molecule has 1 atom stereocenters. The number of carbonyl (C=O) groups is 1. The third-order valence-corrected chi connectivity index (χ3v) is 2.60. The smallest absolute Gasteiger partial charge is 0.305 e. The summed E-state index contributed by atoms with van der Waals surface area (Å²) in [7, 11) is 0. The molecule has 0 radical (unpaired) electrons. The summed E-state index contributed by atoms with van der Waals surface area (Å²) in [5, 5.41) is 20.5. The first-order valence-electron chi connectivity index (χ1n) is 6.39. The van der Waals surface area contributed by atoms with Gasteiger partial charge in [0.2, 0.25) is 0 Å². The van der Waals surface area contributed by atoms with Gasteiger partial charge in [0.1, 0.15) is 6.61 Å². The molecule has 7 heteroatoms. The molecule has 1 heterocycles. The lowest BCUT2D eigenvalue weighted by atomic mass is 9.87. The predicted molar refractivity (Wildman–Crippen MR) is 68.5 cm³/mol. The van der Waals surface area contributed by atoms with Gasteiger partial charge in [-0.25, -0.2) is 4.68 Å². The van der Waals surface area contributed by atoms with Gasteiger partial charge in [0.15, 0.2) is 5.82 Å². The Morgan fingerprint density at radius 1 is 1.47 bits per heavy atom. The first kappa shape index (κ1) is 15.6. The molecule has 19 heavy (non-hydrogen) atoms. The van der Waals surface area contributed by atoms with Crippen LogP contribution in [0.15, 0.2) is 0 Å². The van der Waals surface area contributed by atoms with Gasteiger partial charge in [0.25, 0.3) is 0 Å². The van der Waals surface area contributed by atoms with Crippen molar-refractivity contribution in [2.45, 2.75) is 53.2 Å². The summed E-state index contributed by atoms with van der Waals surface area (Å²) in [5.41, 5.74) is -0.00501. The normalized spacial score (nSPS) is 13.5. The fourth-order valence-corrected chi connectivity index (χ4v) is 1.94. The lowest BCUT2D eigenvalue weighted by molar-refractivity contribution is -0.138. The van der Waals surface area contributed by atoms with E-state index in [1.165, 1.54) is 0 Å². The van der Waals surface area contributed by atoms with E-state index in [0.717, 1.165) is 0 Å². The quantitative estimate of drug-likeness (QED) is 0.810. The van der Waals surface area contributed by atoms with E-state index in [-0.39, 0.29) is 17.9 Å². The van der Waals surface area contributed by atoms with Crippen molar-refractivity contribution in [1.29, 1.82) is 0 Å². The zero-order chi connectivity index (χ0) is 14.5. The van der Waals surface area contributed by atoms with Crippen molar-refractivity contribution in [3.8, 4) is 0 Å². The standard InChI is InChI=1S/C12H22N4O3/c1-5-19-8-10-13-14-15-16(10)9(6-11(17)18)7-12(2,3)4/h9H,5-8H2,1-4H3,(H,17,18). The van der Waals surface area contributed by atoms with Gasteiger partial charge in [-0.15, -0.1) is 5.10 Å². The van der Waals surface area contributed by atoms with Crippen LogP contribution >= 0.6 is 0 Å². The Labute approximate surface area is 112 Å². The minimum Gasteiger partial charge on any atom is -0.481 e. The maximum absolute atomic E-state index is 11.0. The molecule has 0 spiro atoms. The van der Waals surface area contributed by atoms with E-state index < -0.39 is 5.97 Å². The Balaban J connectivity index is 2.90. The summed E-state index contributed by atoms with van der Waals surface area (Å²) in [6.45, 7) is 8.94. The first-order chi connectivity index (χ1) is 8.83. The number of tetrazole rings is 1. The van der Waals surface area contributed by atoms with Crippen molar-refractivity contribution < 1.29 is 14.6 Å². The summed E-state index contributed by atoms with van der Waals surface area (Å²) in [5.74, 6) is -0.288. The number of nitrogens with zero attached hydrogens (tertiary/aromatic N) is 4. The molecule has 0 fully saturated rings. The van der Waals surface area contributed by atoms with E-state index in [0.29, 0.717) is 25.5 Å². The van der Waals surface area contributed by atoms with Gasteiger partial charge >= 0.3 is 5.97 Å². The molecular weight excluding hydrogens is 248 g/mol. The highest BCUT2D eigenvalue weighted by Gasteiger charge is 2.25. The minimum atomic E-state index is -0.855. The third-order valence-electron chi connectivity index (χ3n) is 2.60. The van der Waals surface area contributed by atoms with Crippen LogP contribution in [0.3, 0.4) is 0 Å². The second kappa shape index (κ2) is 6.60. The zero-order valence-corrected chi connectivity index (χ0v) is 12.0. The number of carboxylic acid groups (broad SMARTS) is 1. The topological polar surface area (TPSA) is 90.1 Å². The van der Waals surface area contributed by atoms with E-state index in [2.05, 4.69) is 36.3 Å². The Morgan fingerprint density at radius 2 is 2.16 bits per heavy atom. The van der Waals surface area contributed by atoms with Crippen LogP contribution in [-0.2, 0) is 16.1 Å². The minimum absolute atomic E-state index is 0.00142. The summed E-state index contributed by atoms with van der Waals surface area (Å²) in [6, 6.07) is -0.261. The van der Waals surface area contributed by atoms with Gasteiger partial charge in [-0.3, -0.25) is 4.79 Å². The molecule has 0 saturated heterocycles. The molecule has 7 nitrogen and oxygen atoms in total. The summed E-state index contributed by atoms with van der Waals surface area (Å²) in [6.07, 6.45) is 0.685. The van der Waals surface area contributed by atoms with Crippen molar-refractivity contribution in [3.63, 3.8) is 0 Å². The van der Waals surface area contributed by atoms with Crippen molar-refractivity contribution >= 4 is 5.97 Å². The number of ether oxygens (including phenoxy) is 1. The molecular formula is C12H22N4O3. The molecule has 1 rings (SSSR count). The van der Waals surface area contributed by atoms with Gasteiger partial charge < -0.3 is 9.84 Å². The van der Waals surface area contributed by atoms with Crippen LogP contribution in [0, 0.1) is 5.41 Å². The molecule has 1 aromatic rings. The highest BCUT2D eigenvalue weighted by molar-refractivity contribution is 5.67. The highest BCUT2D eigenvalue weighted by atomic mass is 16.5. The molecule has 1 N–H and O–H groups in total. The Morgan fingerprint density at radius 3 is 2.68 bits per heavy atom. The lowest BCUT2D eigenvalue weighted by Crippen LogP contribution is -2.23. The molecule has 0 aliphatic carbocycles. The molecule has 0 aliphatic heterocycles. The molecule has 0 amide bonds. The lowest BCUT2D eigenvalue weighted by Gasteiger charge is -2.25. The summed E-state index contributed by atoms with van der Waals surface area (Å²) >= 11 is 0. The van der Waals surface area contributed by atoms with Crippen LogP contribution in [0.1, 0.15) is 52.4 Å². The van der Waals surface area contributed by atoms with Crippen LogP contribution in [-0.4, -0.2) is 37.9 Å². The predicted octanol–water partition coefficient (Wildman–Crippen LogP) is 1.66. The SMILES string of the molecule is CCOCc1nnnn1C(CC(=O)O)CC(C)(C)C. The number of hydrogen-bond acceptors (Lipinski definition) is 5. The molecule has 1 aromatic heterocycles. The fourth-order valence-electron chi connectivity index (χ4n) is 1.94. The average Bonchev–Trinajstić information content (AvgIpc) is 2.70. The number of aliphatic carboxylic acids is 1. The van der Waals surface area contributed by atoms with E-state index in [9.17, 15) is 4.79 Å². The summed E-state index contributed by atoms with van der Waals surface area (Å²) in [4.78, 5) is 11.0. The molecule has 1 unspecified atom stereocenters. The van der Waals surface area contributed by atoms with Gasteiger partial charge in [-0.05, 0) is 29.2 Å². The third kappa shape index (κ3) is 5.34. The van der Waals surface area contributed by atoms with Crippen LogP contribution in [0.4, 0.5) is 0 Å². The first-order valence-corrected chi connectivity index (χ1v) is 6.39. The fraction of sp³-hybridized carbons (Fsp3) is 0.833. The second-order valence-electron chi connectivity index (χ2n) is 5.69. The zero-order valence-electron chi connectivity index (χ0n) is 12.0. The Kier molecular flexibility index (Phi) is 5.41. The van der Waals surface area contributed by atoms with E-state index in [1.54, 1.807) is 4.68 Å². The molecule has 0 aliphatic rings. The number of hydrogen-bond donors (Lipinski definition) is 1.